The number of rotatable bonds is 22. The molecular weight excluding hydrogens is 632 g/mol. The number of ketones is 1. The molecule has 2 N–H and O–H groups in total. The molecule has 1 heterocycles. The maximum absolute atomic E-state index is 13.5. The molecule has 12 heteroatoms. The van der Waals surface area contributed by atoms with Gasteiger partial charge < -0.3 is 24.6 Å². The number of benzene rings is 2. The van der Waals surface area contributed by atoms with Gasteiger partial charge in [-0.2, -0.15) is 0 Å². The summed E-state index contributed by atoms with van der Waals surface area (Å²) in [6.45, 7) is 4.72. The van der Waals surface area contributed by atoms with Crippen LogP contribution in [0.4, 0.5) is 4.79 Å². The Balaban J connectivity index is 1.43. The third-order valence-electron chi connectivity index (χ3n) is 8.54. The van der Waals surface area contributed by atoms with Gasteiger partial charge in [0, 0.05) is 70.1 Å². The van der Waals surface area contributed by atoms with E-state index >= 15 is 0 Å². The molecule has 12 nitrogen and oxygen atoms in total. The van der Waals surface area contributed by atoms with E-state index < -0.39 is 23.9 Å². The van der Waals surface area contributed by atoms with E-state index in [1.54, 1.807) is 6.07 Å². The minimum Gasteiger partial charge on any atom is -0.432 e. The molecule has 49 heavy (non-hydrogen) atoms. The van der Waals surface area contributed by atoms with Gasteiger partial charge in [-0.15, -0.1) is 0 Å². The lowest BCUT2D eigenvalue weighted by Gasteiger charge is -2.17. The van der Waals surface area contributed by atoms with Gasteiger partial charge in [0.05, 0.1) is 6.61 Å². The Morgan fingerprint density at radius 1 is 0.878 bits per heavy atom. The van der Waals surface area contributed by atoms with Crippen LogP contribution in [0.5, 0.6) is 0 Å². The van der Waals surface area contributed by atoms with Crippen molar-refractivity contribution in [2.45, 2.75) is 83.5 Å². The van der Waals surface area contributed by atoms with E-state index in [0.717, 1.165) is 47.1 Å². The predicted molar refractivity (Wildman–Crippen MR) is 180 cm³/mol. The van der Waals surface area contributed by atoms with Crippen LogP contribution in [0.25, 0.3) is 11.1 Å². The first-order valence-corrected chi connectivity index (χ1v) is 17.4. The van der Waals surface area contributed by atoms with Crippen molar-refractivity contribution in [1.29, 1.82) is 0 Å². The summed E-state index contributed by atoms with van der Waals surface area (Å²) in [5.41, 5.74) is 4.89. The zero-order chi connectivity index (χ0) is 35.0. The van der Waals surface area contributed by atoms with Gasteiger partial charge in [-0.1, -0.05) is 54.8 Å². The Bertz CT molecular complexity index is 1440. The first kappa shape index (κ1) is 37.7. The Morgan fingerprint density at radius 3 is 2.41 bits per heavy atom. The van der Waals surface area contributed by atoms with Crippen LogP contribution in [0.1, 0.15) is 104 Å². The number of unbranched alkanes of at least 4 members (excludes halogenated alkanes) is 2. The number of aryl methyl sites for hydroxylation is 1. The molecule has 0 saturated carbocycles. The van der Waals surface area contributed by atoms with Crippen LogP contribution in [-0.4, -0.2) is 86.0 Å². The number of fused-ring (bicyclic) bond motifs is 3. The quantitative estimate of drug-likeness (QED) is 0.0749. The van der Waals surface area contributed by atoms with E-state index in [-0.39, 0.29) is 37.7 Å². The molecule has 0 radical (unpaired) electrons. The van der Waals surface area contributed by atoms with E-state index in [4.69, 9.17) is 24.2 Å². The number of carbonyl (C=O) groups excluding carboxylic acids is 5. The summed E-state index contributed by atoms with van der Waals surface area (Å²) >= 11 is 0. The fourth-order valence-electron chi connectivity index (χ4n) is 5.97. The van der Waals surface area contributed by atoms with Crippen molar-refractivity contribution in [3.05, 3.63) is 58.7 Å². The molecule has 266 valence electrons. The second kappa shape index (κ2) is 19.8. The SMILES string of the molecule is CCCCOCCNC(=O)CCCc1ccc2c(c1)C(COC(=O)ON1C(=O)CCC1=O)c1cccc(C(=O)CCCOCCCCO)c1-2. The molecule has 0 spiro atoms. The summed E-state index contributed by atoms with van der Waals surface area (Å²) in [5.74, 6) is -1.70. The lowest BCUT2D eigenvalue weighted by Crippen LogP contribution is -2.32. The van der Waals surface area contributed by atoms with E-state index in [9.17, 15) is 24.0 Å². The highest BCUT2D eigenvalue weighted by Gasteiger charge is 2.36. The predicted octanol–water partition coefficient (Wildman–Crippen LogP) is 5.02. The molecule has 2 aromatic rings. The van der Waals surface area contributed by atoms with Gasteiger partial charge in [-0.25, -0.2) is 4.79 Å². The topological polar surface area (TPSA) is 158 Å². The lowest BCUT2D eigenvalue weighted by atomic mass is 9.93. The highest BCUT2D eigenvalue weighted by atomic mass is 16.8. The lowest BCUT2D eigenvalue weighted by molar-refractivity contribution is -0.177. The third-order valence-corrected chi connectivity index (χ3v) is 8.54. The summed E-state index contributed by atoms with van der Waals surface area (Å²) in [4.78, 5) is 67.2. The van der Waals surface area contributed by atoms with Crippen molar-refractivity contribution < 1.29 is 48.1 Å². The van der Waals surface area contributed by atoms with E-state index in [1.165, 1.54) is 0 Å². The van der Waals surface area contributed by atoms with Gasteiger partial charge >= 0.3 is 6.16 Å². The second-order valence-corrected chi connectivity index (χ2v) is 12.2. The van der Waals surface area contributed by atoms with Crippen molar-refractivity contribution in [3.8, 4) is 11.1 Å². The number of hydroxylamine groups is 2. The smallest absolute Gasteiger partial charge is 0.432 e. The number of imide groups is 1. The molecular formula is C37H48N2O10. The third kappa shape index (κ3) is 10.9. The van der Waals surface area contributed by atoms with Crippen LogP contribution in [0, 0.1) is 0 Å². The molecule has 0 aromatic heterocycles. The molecule has 1 atom stereocenters. The van der Waals surface area contributed by atoms with Crippen molar-refractivity contribution in [3.63, 3.8) is 0 Å². The van der Waals surface area contributed by atoms with Gasteiger partial charge in [0.25, 0.3) is 11.8 Å². The summed E-state index contributed by atoms with van der Waals surface area (Å²) in [5, 5.41) is 12.3. The zero-order valence-electron chi connectivity index (χ0n) is 28.3. The number of nitrogens with zero attached hydrogens (tertiary/aromatic N) is 1. The first-order chi connectivity index (χ1) is 23.8. The van der Waals surface area contributed by atoms with Crippen LogP contribution >= 0.6 is 0 Å². The minimum atomic E-state index is -1.16. The van der Waals surface area contributed by atoms with Gasteiger partial charge in [0.2, 0.25) is 5.91 Å². The van der Waals surface area contributed by atoms with Crippen LogP contribution < -0.4 is 5.32 Å². The number of hydrogen-bond acceptors (Lipinski definition) is 10. The van der Waals surface area contributed by atoms with E-state index in [0.29, 0.717) is 82.1 Å². The van der Waals surface area contributed by atoms with Gasteiger partial charge in [0.1, 0.15) is 6.61 Å². The molecule has 2 aromatic carbocycles. The highest BCUT2D eigenvalue weighted by Crippen LogP contribution is 2.47. The number of aliphatic hydroxyl groups is 1. The van der Waals surface area contributed by atoms with E-state index in [2.05, 4.69) is 12.2 Å². The summed E-state index contributed by atoms with van der Waals surface area (Å²) in [6, 6.07) is 11.5. The fourth-order valence-corrected chi connectivity index (χ4v) is 5.97. The maximum Gasteiger partial charge on any atom is 0.533 e. The molecule has 1 aliphatic heterocycles. The fraction of sp³-hybridized carbons (Fsp3) is 0.541. The average molecular weight is 681 g/mol. The molecule has 1 unspecified atom stereocenters. The Hall–Kier alpha value is -4.13. The Labute approximate surface area is 287 Å². The average Bonchev–Trinajstić information content (AvgIpc) is 3.59. The molecule has 4 rings (SSSR count). The highest BCUT2D eigenvalue weighted by molar-refractivity contribution is 6.05. The molecule has 1 fully saturated rings. The number of amides is 3. The summed E-state index contributed by atoms with van der Waals surface area (Å²) < 4.78 is 16.6. The van der Waals surface area contributed by atoms with Crippen molar-refractivity contribution >= 4 is 29.7 Å². The summed E-state index contributed by atoms with van der Waals surface area (Å²) in [7, 11) is 0. The molecule has 0 bridgehead atoms. The van der Waals surface area contributed by atoms with Crippen molar-refractivity contribution in [2.75, 3.05) is 46.2 Å². The van der Waals surface area contributed by atoms with Gasteiger partial charge in [-0.05, 0) is 66.3 Å². The number of Topliss-reactive ketones (excluding diaryl/α,β-unsaturated/α-hetero) is 1. The number of nitrogens with one attached hydrogen (secondary N) is 1. The number of aliphatic hydroxyl groups excluding tert-OH is 1. The summed E-state index contributed by atoms with van der Waals surface area (Å²) in [6.07, 6.45) is 4.77. The number of hydrogen-bond donors (Lipinski definition) is 2. The largest absolute Gasteiger partial charge is 0.533 e. The van der Waals surface area contributed by atoms with Crippen LogP contribution in [0.15, 0.2) is 36.4 Å². The molecule has 1 saturated heterocycles. The number of ether oxygens (including phenoxy) is 3. The zero-order valence-corrected chi connectivity index (χ0v) is 28.3. The van der Waals surface area contributed by atoms with Gasteiger partial charge in [0.15, 0.2) is 5.78 Å². The Morgan fingerprint density at radius 2 is 1.63 bits per heavy atom. The van der Waals surface area contributed by atoms with Crippen molar-refractivity contribution in [2.24, 2.45) is 0 Å². The van der Waals surface area contributed by atoms with Crippen LogP contribution in [0.2, 0.25) is 0 Å². The molecule has 2 aliphatic rings. The normalized spacial score (nSPS) is 14.9. The van der Waals surface area contributed by atoms with E-state index in [1.807, 2.05) is 30.3 Å². The molecule has 3 amide bonds. The Kier molecular flexibility index (Phi) is 15.2. The van der Waals surface area contributed by atoms with Gasteiger partial charge in [-0.3, -0.25) is 24.0 Å². The van der Waals surface area contributed by atoms with Crippen LogP contribution in [0.3, 0.4) is 0 Å². The second-order valence-electron chi connectivity index (χ2n) is 12.2. The number of carbonyl (C=O) groups is 5. The maximum atomic E-state index is 13.5. The first-order valence-electron chi connectivity index (χ1n) is 17.4. The standard InChI is InChI=1S/C37H48N2O10/c1-2-3-20-47-23-18-38-33(42)13-6-9-26-14-15-28-30(24-26)31(25-48-37(45)49-39-34(43)16-17-35(39)44)27-10-7-11-29(36(27)28)32(41)12-8-22-46-21-5-4-19-40/h7,10-11,14-15,24,31,40H,2-6,8-9,12-13,16-23,25H2,1H3,(H,38,42). The van der Waals surface area contributed by atoms with Crippen molar-refractivity contribution in [1.82, 2.24) is 10.4 Å². The van der Waals surface area contributed by atoms with Crippen LogP contribution in [-0.2, 0) is 39.9 Å². The minimum absolute atomic E-state index is 0.0277. The molecule has 1 aliphatic carbocycles. The monoisotopic (exact) mass is 680 g/mol.